The Bertz CT molecular complexity index is 409. The van der Waals surface area contributed by atoms with Crippen molar-refractivity contribution in [3.8, 4) is 0 Å². The second-order valence-electron chi connectivity index (χ2n) is 5.63. The molecule has 0 atom stereocenters. The number of hydrogen-bond donors (Lipinski definition) is 1. The summed E-state index contributed by atoms with van der Waals surface area (Å²) in [4.78, 5) is 6.72. The van der Waals surface area contributed by atoms with Crippen LogP contribution in [0.1, 0.15) is 31.9 Å². The highest BCUT2D eigenvalue weighted by atomic mass is 16.5. The van der Waals surface area contributed by atoms with E-state index < -0.39 is 0 Å². The highest BCUT2D eigenvalue weighted by molar-refractivity contribution is 5.79. The molecule has 1 aromatic heterocycles. The number of likely N-dealkylation sites (tertiary alicyclic amines) is 1. The third-order valence-corrected chi connectivity index (χ3v) is 3.87. The van der Waals surface area contributed by atoms with Crippen LogP contribution >= 0.6 is 0 Å². The maximum Gasteiger partial charge on any atom is 0.193 e. The van der Waals surface area contributed by atoms with E-state index in [2.05, 4.69) is 22.1 Å². The standard InChI is InChI=1S/C16H27N3O2/c1-14-6-9-19(10-7-14)16(17-2)18-8-4-11-20-13-15-5-3-12-21-15/h3,5,12,14H,4,6-11,13H2,1-2H3,(H,17,18). The number of furan rings is 1. The zero-order valence-corrected chi connectivity index (χ0v) is 13.2. The van der Waals surface area contributed by atoms with E-state index in [1.54, 1.807) is 6.26 Å². The van der Waals surface area contributed by atoms with Gasteiger partial charge in [-0.3, -0.25) is 4.99 Å². The van der Waals surface area contributed by atoms with Gasteiger partial charge in [0.15, 0.2) is 5.96 Å². The Labute approximate surface area is 127 Å². The highest BCUT2D eigenvalue weighted by Gasteiger charge is 2.18. The molecule has 0 saturated carbocycles. The minimum absolute atomic E-state index is 0.547. The molecule has 0 aromatic carbocycles. The molecule has 1 fully saturated rings. The van der Waals surface area contributed by atoms with Crippen LogP contribution in [0, 0.1) is 5.92 Å². The van der Waals surface area contributed by atoms with E-state index in [0.29, 0.717) is 6.61 Å². The third-order valence-electron chi connectivity index (χ3n) is 3.87. The third kappa shape index (κ3) is 5.42. The number of guanidine groups is 1. The van der Waals surface area contributed by atoms with Crippen molar-refractivity contribution in [2.45, 2.75) is 32.8 Å². The number of ether oxygens (including phenoxy) is 1. The molecule has 118 valence electrons. The predicted octanol–water partition coefficient (Wildman–Crippen LogP) is 2.49. The molecule has 1 N–H and O–H groups in total. The Morgan fingerprint density at radius 1 is 1.48 bits per heavy atom. The zero-order valence-electron chi connectivity index (χ0n) is 13.2. The Hall–Kier alpha value is -1.49. The number of hydrogen-bond acceptors (Lipinski definition) is 3. The van der Waals surface area contributed by atoms with Crippen molar-refractivity contribution in [1.29, 1.82) is 0 Å². The molecule has 5 nitrogen and oxygen atoms in total. The lowest BCUT2D eigenvalue weighted by Gasteiger charge is -2.32. The Balaban J connectivity index is 1.56. The van der Waals surface area contributed by atoms with Gasteiger partial charge in [0.05, 0.1) is 6.26 Å². The van der Waals surface area contributed by atoms with Crippen LogP contribution in [0.5, 0.6) is 0 Å². The minimum Gasteiger partial charge on any atom is -0.467 e. The summed E-state index contributed by atoms with van der Waals surface area (Å²) in [7, 11) is 1.85. The first kappa shape index (κ1) is 15.9. The molecule has 5 heteroatoms. The van der Waals surface area contributed by atoms with E-state index in [0.717, 1.165) is 50.3 Å². The molecular formula is C16H27N3O2. The number of aliphatic imine (C=N–C) groups is 1. The number of piperidine rings is 1. The van der Waals surface area contributed by atoms with Gasteiger partial charge in [0.2, 0.25) is 0 Å². The Morgan fingerprint density at radius 3 is 2.95 bits per heavy atom. The zero-order chi connectivity index (χ0) is 14.9. The molecule has 1 saturated heterocycles. The van der Waals surface area contributed by atoms with Crippen LogP contribution in [0.15, 0.2) is 27.8 Å². The van der Waals surface area contributed by atoms with Crippen molar-refractivity contribution in [2.75, 3.05) is 33.3 Å². The molecular weight excluding hydrogens is 266 g/mol. The number of nitrogens with zero attached hydrogens (tertiary/aromatic N) is 2. The first-order valence-electron chi connectivity index (χ1n) is 7.85. The lowest BCUT2D eigenvalue weighted by molar-refractivity contribution is 0.104. The average molecular weight is 293 g/mol. The number of rotatable bonds is 6. The fourth-order valence-corrected chi connectivity index (χ4v) is 2.49. The first-order chi connectivity index (χ1) is 10.3. The van der Waals surface area contributed by atoms with Gasteiger partial charge in [-0.05, 0) is 37.3 Å². The second-order valence-corrected chi connectivity index (χ2v) is 5.63. The summed E-state index contributed by atoms with van der Waals surface area (Å²) < 4.78 is 10.8. The molecule has 0 aliphatic carbocycles. The van der Waals surface area contributed by atoms with E-state index in [4.69, 9.17) is 9.15 Å². The van der Waals surface area contributed by atoms with Crippen LogP contribution in [-0.4, -0.2) is 44.1 Å². The van der Waals surface area contributed by atoms with E-state index in [1.807, 2.05) is 19.2 Å². The quantitative estimate of drug-likeness (QED) is 0.497. The van der Waals surface area contributed by atoms with Gasteiger partial charge in [-0.1, -0.05) is 6.92 Å². The van der Waals surface area contributed by atoms with Gasteiger partial charge < -0.3 is 19.4 Å². The Morgan fingerprint density at radius 2 is 2.29 bits per heavy atom. The second kappa shape index (κ2) is 8.72. The van der Waals surface area contributed by atoms with Crippen molar-refractivity contribution in [2.24, 2.45) is 10.9 Å². The van der Waals surface area contributed by atoms with Gasteiger partial charge in [0.1, 0.15) is 12.4 Å². The molecule has 0 bridgehead atoms. The van der Waals surface area contributed by atoms with E-state index in [1.165, 1.54) is 12.8 Å². The summed E-state index contributed by atoms with van der Waals surface area (Å²) in [5.74, 6) is 2.74. The van der Waals surface area contributed by atoms with Crippen LogP contribution in [0.4, 0.5) is 0 Å². The largest absolute Gasteiger partial charge is 0.467 e. The van der Waals surface area contributed by atoms with Crippen molar-refractivity contribution >= 4 is 5.96 Å². The van der Waals surface area contributed by atoms with Gasteiger partial charge in [0.25, 0.3) is 0 Å². The lowest BCUT2D eigenvalue weighted by atomic mass is 10.00. The molecule has 0 unspecified atom stereocenters. The highest BCUT2D eigenvalue weighted by Crippen LogP contribution is 2.15. The summed E-state index contributed by atoms with van der Waals surface area (Å²) in [6.45, 7) is 6.69. The van der Waals surface area contributed by atoms with Gasteiger partial charge in [-0.2, -0.15) is 0 Å². The smallest absolute Gasteiger partial charge is 0.193 e. The van der Waals surface area contributed by atoms with Gasteiger partial charge in [-0.15, -0.1) is 0 Å². The van der Waals surface area contributed by atoms with Crippen LogP contribution in [-0.2, 0) is 11.3 Å². The van der Waals surface area contributed by atoms with Gasteiger partial charge in [-0.25, -0.2) is 0 Å². The molecule has 21 heavy (non-hydrogen) atoms. The fourth-order valence-electron chi connectivity index (χ4n) is 2.49. The molecule has 1 aliphatic rings. The van der Waals surface area contributed by atoms with E-state index in [9.17, 15) is 0 Å². The van der Waals surface area contributed by atoms with Crippen molar-refractivity contribution in [1.82, 2.24) is 10.2 Å². The van der Waals surface area contributed by atoms with Crippen molar-refractivity contribution in [3.63, 3.8) is 0 Å². The van der Waals surface area contributed by atoms with Crippen LogP contribution in [0.2, 0.25) is 0 Å². The lowest BCUT2D eigenvalue weighted by Crippen LogP contribution is -2.45. The molecule has 0 amide bonds. The van der Waals surface area contributed by atoms with Crippen LogP contribution < -0.4 is 5.32 Å². The number of nitrogens with one attached hydrogen (secondary N) is 1. The van der Waals surface area contributed by atoms with Crippen molar-refractivity contribution in [3.05, 3.63) is 24.2 Å². The summed E-state index contributed by atoms with van der Waals surface area (Å²) in [6, 6.07) is 3.81. The Kier molecular flexibility index (Phi) is 6.60. The van der Waals surface area contributed by atoms with Crippen LogP contribution in [0.25, 0.3) is 0 Å². The summed E-state index contributed by atoms with van der Waals surface area (Å²) in [5.41, 5.74) is 0. The maximum absolute atomic E-state index is 5.57. The monoisotopic (exact) mass is 293 g/mol. The van der Waals surface area contributed by atoms with Crippen LogP contribution in [0.3, 0.4) is 0 Å². The molecule has 1 aromatic rings. The summed E-state index contributed by atoms with van der Waals surface area (Å²) >= 11 is 0. The van der Waals surface area contributed by atoms with Gasteiger partial charge in [0, 0.05) is 33.3 Å². The predicted molar refractivity (Wildman–Crippen MR) is 84.3 cm³/mol. The molecule has 2 heterocycles. The topological polar surface area (TPSA) is 50.0 Å². The molecule has 2 rings (SSSR count). The van der Waals surface area contributed by atoms with Crippen molar-refractivity contribution < 1.29 is 9.15 Å². The normalized spacial score (nSPS) is 17.2. The minimum atomic E-state index is 0.547. The maximum atomic E-state index is 5.57. The molecule has 1 aliphatic heterocycles. The first-order valence-corrected chi connectivity index (χ1v) is 7.85. The SMILES string of the molecule is CN=C(NCCCOCc1ccco1)N1CCC(C)CC1. The fraction of sp³-hybridized carbons (Fsp3) is 0.688. The van der Waals surface area contributed by atoms with Gasteiger partial charge >= 0.3 is 0 Å². The summed E-state index contributed by atoms with van der Waals surface area (Å²) in [6.07, 6.45) is 5.15. The molecule has 0 radical (unpaired) electrons. The molecule has 0 spiro atoms. The summed E-state index contributed by atoms with van der Waals surface area (Å²) in [5, 5.41) is 3.42. The average Bonchev–Trinajstić information content (AvgIpc) is 3.01. The van der Waals surface area contributed by atoms with E-state index in [-0.39, 0.29) is 0 Å². The van der Waals surface area contributed by atoms with E-state index >= 15 is 0 Å².